The molecule has 8 heteroatoms. The lowest BCUT2D eigenvalue weighted by Gasteiger charge is -2.26. The Balaban J connectivity index is 1.97. The molecule has 1 aromatic rings. The maximum atomic E-state index is 12.4. The number of halogens is 3. The Hall–Kier alpha value is -2.12. The molecule has 2 heterocycles. The van der Waals surface area contributed by atoms with Crippen LogP contribution in [0.25, 0.3) is 0 Å². The molecule has 0 bridgehead atoms. The Morgan fingerprint density at radius 2 is 2.00 bits per heavy atom. The van der Waals surface area contributed by atoms with Gasteiger partial charge in [-0.05, 0) is 12.8 Å². The van der Waals surface area contributed by atoms with Crippen molar-refractivity contribution in [3.63, 3.8) is 0 Å². The van der Waals surface area contributed by atoms with Crippen LogP contribution in [0.4, 0.5) is 19.1 Å². The van der Waals surface area contributed by atoms with Crippen LogP contribution in [0.3, 0.4) is 0 Å². The number of anilines is 1. The molecule has 1 N–H and O–H groups in total. The maximum absolute atomic E-state index is 12.4. The van der Waals surface area contributed by atoms with Gasteiger partial charge in [0, 0.05) is 31.9 Å². The van der Waals surface area contributed by atoms with Crippen LogP contribution in [0, 0.1) is 0 Å². The maximum Gasteiger partial charge on any atom is 0.419 e. The lowest BCUT2D eigenvalue weighted by molar-refractivity contribution is -0.138. The Bertz CT molecular complexity index is 541. The van der Waals surface area contributed by atoms with Gasteiger partial charge in [0.1, 0.15) is 0 Å². The van der Waals surface area contributed by atoms with Gasteiger partial charge in [-0.2, -0.15) is 13.2 Å². The number of carboxylic acid groups (broad SMARTS) is 1. The second-order valence-corrected chi connectivity index (χ2v) is 4.72. The quantitative estimate of drug-likeness (QED) is 0.866. The molecule has 2 rings (SSSR count). The molecule has 0 atom stereocenters. The zero-order chi connectivity index (χ0) is 15.5. The number of aromatic nitrogens is 2. The van der Waals surface area contributed by atoms with Crippen molar-refractivity contribution in [3.05, 3.63) is 29.6 Å². The molecular weight excluding hydrogens is 287 g/mol. The summed E-state index contributed by atoms with van der Waals surface area (Å²) in [6.45, 7) is 1.04. The largest absolute Gasteiger partial charge is 0.481 e. The number of rotatable bonds is 4. The Morgan fingerprint density at radius 1 is 1.33 bits per heavy atom. The van der Waals surface area contributed by atoms with Crippen molar-refractivity contribution in [2.75, 3.05) is 18.0 Å². The Labute approximate surface area is 119 Å². The molecule has 21 heavy (non-hydrogen) atoms. The van der Waals surface area contributed by atoms with Crippen molar-refractivity contribution in [1.29, 1.82) is 0 Å². The molecule has 0 fully saturated rings. The van der Waals surface area contributed by atoms with Gasteiger partial charge in [-0.1, -0.05) is 11.6 Å². The number of aliphatic carboxylic acids is 1. The first-order valence-electron chi connectivity index (χ1n) is 6.40. The SMILES string of the molecule is O=C(O)CCC1=CCN(c2ncc(C(F)(F)F)cn2)CC1. The zero-order valence-corrected chi connectivity index (χ0v) is 11.1. The van der Waals surface area contributed by atoms with Crippen LogP contribution in [0.1, 0.15) is 24.8 Å². The summed E-state index contributed by atoms with van der Waals surface area (Å²) >= 11 is 0. The third-order valence-corrected chi connectivity index (χ3v) is 3.21. The highest BCUT2D eigenvalue weighted by Gasteiger charge is 2.31. The van der Waals surface area contributed by atoms with Crippen molar-refractivity contribution < 1.29 is 23.1 Å². The molecule has 0 saturated carbocycles. The van der Waals surface area contributed by atoms with Crippen LogP contribution in [-0.2, 0) is 11.0 Å². The average molecular weight is 301 g/mol. The molecule has 0 unspecified atom stereocenters. The van der Waals surface area contributed by atoms with Crippen LogP contribution < -0.4 is 4.90 Å². The molecule has 5 nitrogen and oxygen atoms in total. The smallest absolute Gasteiger partial charge is 0.419 e. The van der Waals surface area contributed by atoms with Gasteiger partial charge in [0.25, 0.3) is 0 Å². The number of nitrogens with zero attached hydrogens (tertiary/aromatic N) is 3. The number of carbonyl (C=O) groups is 1. The van der Waals surface area contributed by atoms with Crippen molar-refractivity contribution in [1.82, 2.24) is 9.97 Å². The first kappa shape index (κ1) is 15.3. The van der Waals surface area contributed by atoms with E-state index < -0.39 is 17.7 Å². The molecule has 1 aliphatic heterocycles. The van der Waals surface area contributed by atoms with Gasteiger partial charge in [-0.25, -0.2) is 9.97 Å². The van der Waals surface area contributed by atoms with Gasteiger partial charge in [0.2, 0.25) is 5.95 Å². The predicted octanol–water partition coefficient (Wildman–Crippen LogP) is 2.50. The summed E-state index contributed by atoms with van der Waals surface area (Å²) in [5.41, 5.74) is 0.168. The lowest BCUT2D eigenvalue weighted by Crippen LogP contribution is -2.30. The van der Waals surface area contributed by atoms with E-state index in [1.54, 1.807) is 4.90 Å². The Kier molecular flexibility index (Phi) is 4.44. The summed E-state index contributed by atoms with van der Waals surface area (Å²) in [7, 11) is 0. The second-order valence-electron chi connectivity index (χ2n) is 4.72. The fourth-order valence-electron chi connectivity index (χ4n) is 2.02. The molecule has 0 spiro atoms. The first-order valence-corrected chi connectivity index (χ1v) is 6.40. The van der Waals surface area contributed by atoms with Gasteiger partial charge < -0.3 is 10.0 Å². The molecule has 0 amide bonds. The summed E-state index contributed by atoms with van der Waals surface area (Å²) < 4.78 is 37.2. The minimum absolute atomic E-state index is 0.0859. The molecule has 114 valence electrons. The van der Waals surface area contributed by atoms with Crippen molar-refractivity contribution in [2.24, 2.45) is 0 Å². The van der Waals surface area contributed by atoms with Crippen LogP contribution in [0.2, 0.25) is 0 Å². The highest BCUT2D eigenvalue weighted by molar-refractivity contribution is 5.67. The number of hydrogen-bond donors (Lipinski definition) is 1. The summed E-state index contributed by atoms with van der Waals surface area (Å²) in [6, 6.07) is 0. The fourth-order valence-corrected chi connectivity index (χ4v) is 2.02. The summed E-state index contributed by atoms with van der Waals surface area (Å²) in [5.74, 6) is -0.596. The van der Waals surface area contributed by atoms with E-state index in [0.717, 1.165) is 18.0 Å². The van der Waals surface area contributed by atoms with Crippen LogP contribution in [-0.4, -0.2) is 34.1 Å². The summed E-state index contributed by atoms with van der Waals surface area (Å²) in [6.07, 6.45) is 0.229. The summed E-state index contributed by atoms with van der Waals surface area (Å²) in [5, 5.41) is 8.62. The highest BCUT2D eigenvalue weighted by Crippen LogP contribution is 2.28. The predicted molar refractivity (Wildman–Crippen MR) is 68.8 cm³/mol. The van der Waals surface area contributed by atoms with Gasteiger partial charge in [0.05, 0.1) is 5.56 Å². The third-order valence-electron chi connectivity index (χ3n) is 3.21. The lowest BCUT2D eigenvalue weighted by atomic mass is 10.0. The van der Waals surface area contributed by atoms with E-state index in [2.05, 4.69) is 9.97 Å². The molecule has 0 aromatic carbocycles. The van der Waals surface area contributed by atoms with Gasteiger partial charge in [-0.3, -0.25) is 4.79 Å². The minimum atomic E-state index is -4.44. The van der Waals surface area contributed by atoms with E-state index in [1.807, 2.05) is 6.08 Å². The number of alkyl halides is 3. The van der Waals surface area contributed by atoms with E-state index in [-0.39, 0.29) is 12.4 Å². The van der Waals surface area contributed by atoms with Crippen molar-refractivity contribution in [2.45, 2.75) is 25.4 Å². The monoisotopic (exact) mass is 301 g/mol. The van der Waals surface area contributed by atoms with Crippen LogP contribution in [0.15, 0.2) is 24.0 Å². The Morgan fingerprint density at radius 3 is 2.48 bits per heavy atom. The normalized spacial score (nSPS) is 15.8. The molecule has 0 saturated heterocycles. The van der Waals surface area contributed by atoms with E-state index in [4.69, 9.17) is 5.11 Å². The van der Waals surface area contributed by atoms with E-state index >= 15 is 0 Å². The molecule has 0 radical (unpaired) electrons. The van der Waals surface area contributed by atoms with Crippen molar-refractivity contribution >= 4 is 11.9 Å². The first-order chi connectivity index (χ1) is 9.86. The van der Waals surface area contributed by atoms with E-state index in [1.165, 1.54) is 0 Å². The van der Waals surface area contributed by atoms with Crippen molar-refractivity contribution in [3.8, 4) is 0 Å². The third kappa shape index (κ3) is 4.17. The van der Waals surface area contributed by atoms with Gasteiger partial charge in [0.15, 0.2) is 0 Å². The average Bonchev–Trinajstić information content (AvgIpc) is 2.45. The summed E-state index contributed by atoms with van der Waals surface area (Å²) in [4.78, 5) is 19.7. The van der Waals surface area contributed by atoms with Gasteiger partial charge >= 0.3 is 12.1 Å². The number of hydrogen-bond acceptors (Lipinski definition) is 4. The van der Waals surface area contributed by atoms with E-state index in [9.17, 15) is 18.0 Å². The molecule has 1 aromatic heterocycles. The van der Waals surface area contributed by atoms with Crippen LogP contribution >= 0.6 is 0 Å². The standard InChI is InChI=1S/C13H14F3N3O2/c14-13(15,16)10-7-17-12(18-8-10)19-5-3-9(4-6-19)1-2-11(20)21/h3,7-8H,1-2,4-6H2,(H,20,21). The molecular formula is C13H14F3N3O2. The highest BCUT2D eigenvalue weighted by atomic mass is 19.4. The topological polar surface area (TPSA) is 66.3 Å². The minimum Gasteiger partial charge on any atom is -0.481 e. The molecule has 0 aliphatic carbocycles. The van der Waals surface area contributed by atoms with Crippen LogP contribution in [0.5, 0.6) is 0 Å². The fraction of sp³-hybridized carbons (Fsp3) is 0.462. The number of carboxylic acids is 1. The second kappa shape index (κ2) is 6.11. The zero-order valence-electron chi connectivity index (χ0n) is 11.1. The van der Waals surface area contributed by atoms with Gasteiger partial charge in [-0.15, -0.1) is 0 Å². The molecule has 1 aliphatic rings. The van der Waals surface area contributed by atoms with E-state index in [0.29, 0.717) is 25.9 Å².